The maximum Gasteiger partial charge on any atom is 0.435 e. The first-order valence-electron chi connectivity index (χ1n) is 7.72. The average molecular weight is 414 g/mol. The molecule has 0 unspecified atom stereocenters. The molecule has 0 saturated heterocycles. The highest BCUT2D eigenvalue weighted by atomic mass is 35.5. The lowest BCUT2D eigenvalue weighted by molar-refractivity contribution is -0.140. The maximum atomic E-state index is 13.2. The lowest BCUT2D eigenvalue weighted by Gasteiger charge is -2.18. The summed E-state index contributed by atoms with van der Waals surface area (Å²) in [6, 6.07) is 2.13. The first-order chi connectivity index (χ1) is 12.4. The summed E-state index contributed by atoms with van der Waals surface area (Å²) in [6.45, 7) is 1.69. The van der Waals surface area contributed by atoms with Gasteiger partial charge in [0.2, 0.25) is 0 Å². The Balaban J connectivity index is 2.85. The van der Waals surface area contributed by atoms with Crippen LogP contribution in [0.2, 0.25) is 5.02 Å². The minimum Gasteiger partial charge on any atom is -0.392 e. The molecule has 0 aliphatic rings. The number of nitrogens with zero attached hydrogens (tertiary/aromatic N) is 2. The van der Waals surface area contributed by atoms with Crippen molar-refractivity contribution in [3.05, 3.63) is 44.8 Å². The molecule has 0 radical (unpaired) electrons. The third-order valence-corrected chi connectivity index (χ3v) is 4.07. The van der Waals surface area contributed by atoms with Crippen LogP contribution in [0.5, 0.6) is 0 Å². The van der Waals surface area contributed by atoms with Gasteiger partial charge in [-0.1, -0.05) is 24.9 Å². The smallest absolute Gasteiger partial charge is 0.392 e. The summed E-state index contributed by atoms with van der Waals surface area (Å²) in [5.41, 5.74) is -0.248. The van der Waals surface area contributed by atoms with E-state index >= 15 is 0 Å². The van der Waals surface area contributed by atoms with Crippen molar-refractivity contribution >= 4 is 17.3 Å². The van der Waals surface area contributed by atoms with Crippen LogP contribution < -0.4 is 11.3 Å². The molecular weight excluding hydrogens is 400 g/mol. The molecule has 0 aliphatic carbocycles. The molecule has 0 aliphatic heterocycles. The van der Waals surface area contributed by atoms with Crippen molar-refractivity contribution < 1.29 is 26.3 Å². The van der Waals surface area contributed by atoms with Gasteiger partial charge in [-0.05, 0) is 24.6 Å². The Bertz CT molecular complexity index is 905. The first kappa shape index (κ1) is 21.1. The molecule has 27 heavy (non-hydrogen) atoms. The van der Waals surface area contributed by atoms with Gasteiger partial charge in [0.15, 0.2) is 5.69 Å². The number of aromatic nitrogens is 2. The Morgan fingerprint density at radius 1 is 1.15 bits per heavy atom. The van der Waals surface area contributed by atoms with E-state index in [0.29, 0.717) is 25.0 Å². The molecule has 11 heteroatoms. The van der Waals surface area contributed by atoms with Crippen molar-refractivity contribution in [3.8, 4) is 11.4 Å². The summed E-state index contributed by atoms with van der Waals surface area (Å²) < 4.78 is 79.3. The monoisotopic (exact) mass is 413 g/mol. The molecule has 0 amide bonds. The minimum absolute atomic E-state index is 0.0768. The van der Waals surface area contributed by atoms with E-state index in [1.807, 2.05) is 0 Å². The van der Waals surface area contributed by atoms with Crippen LogP contribution >= 0.6 is 11.6 Å². The second-order valence-electron chi connectivity index (χ2n) is 5.70. The fourth-order valence-electron chi connectivity index (χ4n) is 2.39. The van der Waals surface area contributed by atoms with Gasteiger partial charge in [-0.3, -0.25) is 9.36 Å². The largest absolute Gasteiger partial charge is 0.435 e. The number of halogens is 7. The van der Waals surface area contributed by atoms with E-state index in [9.17, 15) is 31.1 Å². The van der Waals surface area contributed by atoms with Gasteiger partial charge in [-0.15, -0.1) is 0 Å². The van der Waals surface area contributed by atoms with Crippen molar-refractivity contribution in [2.45, 2.75) is 38.7 Å². The van der Waals surface area contributed by atoms with Crippen LogP contribution in [0.25, 0.3) is 11.4 Å². The third kappa shape index (κ3) is 4.37. The van der Waals surface area contributed by atoms with Crippen molar-refractivity contribution in [3.63, 3.8) is 0 Å². The molecule has 0 fully saturated rings. The highest BCUT2D eigenvalue weighted by Gasteiger charge is 2.38. The van der Waals surface area contributed by atoms with Crippen LogP contribution in [0, 0.1) is 0 Å². The Hall–Kier alpha value is -2.23. The molecule has 0 spiro atoms. The Kier molecular flexibility index (Phi) is 5.79. The number of unbranched alkanes of at least 4 members (excludes halogenated alkanes) is 1. The average Bonchev–Trinajstić information content (AvgIpc) is 2.54. The van der Waals surface area contributed by atoms with Gasteiger partial charge in [0.05, 0.1) is 10.6 Å². The minimum atomic E-state index is -5.06. The molecule has 148 valence electrons. The summed E-state index contributed by atoms with van der Waals surface area (Å²) >= 11 is 5.91. The van der Waals surface area contributed by atoms with E-state index in [-0.39, 0.29) is 11.6 Å². The van der Waals surface area contributed by atoms with Gasteiger partial charge in [-0.25, -0.2) is 4.98 Å². The molecule has 0 atom stereocenters. The number of nitrogens with two attached hydrogens (primary N) is 1. The number of hydrogen-bond donors (Lipinski definition) is 1. The molecule has 1 aromatic heterocycles. The standard InChI is InChI=1S/C16H14ClF6N3O/c1-2-3-6-26-13(25-12(16(21,22)23)11(24)14(26)27)9-7-8(15(18,19)20)4-5-10(9)17/h4-5,7H,2-3,6,24H2,1H3. The highest BCUT2D eigenvalue weighted by molar-refractivity contribution is 6.33. The molecule has 2 rings (SSSR count). The number of nitrogen functional groups attached to an aromatic ring is 1. The van der Waals surface area contributed by atoms with Crippen molar-refractivity contribution in [2.24, 2.45) is 0 Å². The normalized spacial score (nSPS) is 12.4. The highest BCUT2D eigenvalue weighted by Crippen LogP contribution is 2.37. The van der Waals surface area contributed by atoms with E-state index in [1.54, 1.807) is 6.92 Å². The zero-order chi connectivity index (χ0) is 20.6. The summed E-state index contributed by atoms with van der Waals surface area (Å²) in [6.07, 6.45) is -8.87. The van der Waals surface area contributed by atoms with Crippen molar-refractivity contribution in [1.82, 2.24) is 9.55 Å². The van der Waals surface area contributed by atoms with E-state index in [4.69, 9.17) is 17.3 Å². The summed E-state index contributed by atoms with van der Waals surface area (Å²) in [5.74, 6) is -0.619. The summed E-state index contributed by atoms with van der Waals surface area (Å²) in [4.78, 5) is 15.7. The molecule has 4 nitrogen and oxygen atoms in total. The maximum absolute atomic E-state index is 13.2. The Morgan fingerprint density at radius 2 is 1.78 bits per heavy atom. The first-order valence-corrected chi connectivity index (χ1v) is 8.10. The number of anilines is 1. The Morgan fingerprint density at radius 3 is 2.30 bits per heavy atom. The van der Waals surface area contributed by atoms with Gasteiger partial charge in [0.1, 0.15) is 11.5 Å². The van der Waals surface area contributed by atoms with E-state index < -0.39 is 46.2 Å². The second kappa shape index (κ2) is 7.41. The Labute approximate surface area is 154 Å². The SMILES string of the molecule is CCCCn1c(-c2cc(C(F)(F)F)ccc2Cl)nc(C(F)(F)F)c(N)c1=O. The molecular formula is C16H14ClF6N3O. The van der Waals surface area contributed by atoms with Crippen LogP contribution in [-0.4, -0.2) is 9.55 Å². The zero-order valence-electron chi connectivity index (χ0n) is 13.9. The van der Waals surface area contributed by atoms with Crippen molar-refractivity contribution in [1.29, 1.82) is 0 Å². The predicted molar refractivity (Wildman–Crippen MR) is 88.3 cm³/mol. The third-order valence-electron chi connectivity index (χ3n) is 3.74. The number of alkyl halides is 6. The number of hydrogen-bond acceptors (Lipinski definition) is 3. The van der Waals surface area contributed by atoms with Crippen LogP contribution in [0.4, 0.5) is 32.0 Å². The fourth-order valence-corrected chi connectivity index (χ4v) is 2.59. The summed E-state index contributed by atoms with van der Waals surface area (Å²) in [7, 11) is 0. The van der Waals surface area contributed by atoms with Gasteiger partial charge in [0, 0.05) is 12.1 Å². The summed E-state index contributed by atoms with van der Waals surface area (Å²) in [5, 5.41) is -0.280. The van der Waals surface area contributed by atoms with Crippen LogP contribution in [0.15, 0.2) is 23.0 Å². The predicted octanol–water partition coefficient (Wildman–Crippen LogP) is 4.98. The molecule has 0 saturated carbocycles. The van der Waals surface area contributed by atoms with Crippen LogP contribution in [-0.2, 0) is 18.9 Å². The zero-order valence-corrected chi connectivity index (χ0v) is 14.6. The second-order valence-corrected chi connectivity index (χ2v) is 6.11. The van der Waals surface area contributed by atoms with E-state index in [1.165, 1.54) is 0 Å². The van der Waals surface area contributed by atoms with Gasteiger partial charge in [0.25, 0.3) is 5.56 Å². The van der Waals surface area contributed by atoms with Gasteiger partial charge in [-0.2, -0.15) is 26.3 Å². The topological polar surface area (TPSA) is 60.9 Å². The molecule has 1 heterocycles. The lowest BCUT2D eigenvalue weighted by atomic mass is 10.1. The molecule has 0 bridgehead atoms. The van der Waals surface area contributed by atoms with Gasteiger partial charge < -0.3 is 5.73 Å². The quantitative estimate of drug-likeness (QED) is 0.719. The van der Waals surface area contributed by atoms with Crippen molar-refractivity contribution in [2.75, 3.05) is 5.73 Å². The van der Waals surface area contributed by atoms with Gasteiger partial charge >= 0.3 is 12.4 Å². The van der Waals surface area contributed by atoms with Crippen LogP contribution in [0.1, 0.15) is 31.0 Å². The molecule has 2 aromatic rings. The van der Waals surface area contributed by atoms with E-state index in [2.05, 4.69) is 4.98 Å². The number of benzene rings is 1. The molecule has 2 N–H and O–H groups in total. The lowest BCUT2D eigenvalue weighted by Crippen LogP contribution is -2.30. The number of rotatable bonds is 4. The fraction of sp³-hybridized carbons (Fsp3) is 0.375. The molecule has 1 aromatic carbocycles. The van der Waals surface area contributed by atoms with Crippen LogP contribution in [0.3, 0.4) is 0 Å². The van der Waals surface area contributed by atoms with E-state index in [0.717, 1.165) is 10.6 Å².